The van der Waals surface area contributed by atoms with Gasteiger partial charge in [0.05, 0.1) is 50.1 Å². The molecule has 0 aliphatic heterocycles. The predicted octanol–water partition coefficient (Wildman–Crippen LogP) is 3.82. The molecule has 0 bridgehead atoms. The normalized spacial score (nSPS) is 14.3. The summed E-state index contributed by atoms with van der Waals surface area (Å²) in [6.45, 7) is 11.0. The van der Waals surface area contributed by atoms with Gasteiger partial charge in [0.1, 0.15) is 0 Å². The second-order valence-electron chi connectivity index (χ2n) is 8.70. The van der Waals surface area contributed by atoms with Gasteiger partial charge >= 0.3 is 23.9 Å². The molecule has 34 heavy (non-hydrogen) atoms. The average Bonchev–Trinajstić information content (AvgIpc) is 2.74. The van der Waals surface area contributed by atoms with Crippen molar-refractivity contribution in [2.24, 2.45) is 10.8 Å². The smallest absolute Gasteiger partial charge is 0.312 e. The fraction of sp³-hybridized carbons (Fsp3) is 0.615. The summed E-state index contributed by atoms with van der Waals surface area (Å²) in [5, 5.41) is 0. The maximum absolute atomic E-state index is 12.7. The van der Waals surface area contributed by atoms with Crippen molar-refractivity contribution >= 4 is 23.9 Å². The standard InChI is InChI=1S/C26H38O8/c1-7-31-21(27)17-25(5,23(29)33-9-3)15-19-12-11-13-20(14-19)16-26(6,24(30)34-10-4)18-22(28)32-8-2/h11-14H,7-10,15-18H2,1-6H3. The predicted molar refractivity (Wildman–Crippen MR) is 126 cm³/mol. The Kier molecular flexibility index (Phi) is 11.8. The van der Waals surface area contributed by atoms with E-state index in [2.05, 4.69) is 0 Å². The number of esters is 4. The molecule has 0 aliphatic carbocycles. The first kappa shape index (κ1) is 29.1. The third-order valence-electron chi connectivity index (χ3n) is 5.40. The molecule has 2 unspecified atom stereocenters. The minimum atomic E-state index is -1.11. The first-order chi connectivity index (χ1) is 16.0. The van der Waals surface area contributed by atoms with Crippen molar-refractivity contribution in [3.8, 4) is 0 Å². The van der Waals surface area contributed by atoms with Gasteiger partial charge in [-0.1, -0.05) is 24.3 Å². The highest BCUT2D eigenvalue weighted by atomic mass is 16.5. The molecule has 0 fully saturated rings. The van der Waals surface area contributed by atoms with Crippen molar-refractivity contribution in [2.45, 2.75) is 67.2 Å². The largest absolute Gasteiger partial charge is 0.466 e. The molecule has 0 aromatic heterocycles. The molecule has 0 saturated carbocycles. The summed E-state index contributed by atoms with van der Waals surface area (Å²) >= 11 is 0. The lowest BCUT2D eigenvalue weighted by Gasteiger charge is -2.28. The molecular weight excluding hydrogens is 440 g/mol. The highest BCUT2D eigenvalue weighted by molar-refractivity contribution is 5.84. The topological polar surface area (TPSA) is 105 Å². The van der Waals surface area contributed by atoms with E-state index in [-0.39, 0.29) is 52.1 Å². The molecule has 2 atom stereocenters. The first-order valence-electron chi connectivity index (χ1n) is 11.8. The van der Waals surface area contributed by atoms with Gasteiger partial charge in [0.25, 0.3) is 0 Å². The molecule has 0 spiro atoms. The van der Waals surface area contributed by atoms with E-state index < -0.39 is 34.7 Å². The lowest BCUT2D eigenvalue weighted by molar-refractivity contribution is -0.161. The van der Waals surface area contributed by atoms with Crippen molar-refractivity contribution in [1.82, 2.24) is 0 Å². The fourth-order valence-corrected chi connectivity index (χ4v) is 3.84. The van der Waals surface area contributed by atoms with E-state index in [1.807, 2.05) is 24.3 Å². The Labute approximate surface area is 202 Å². The summed E-state index contributed by atoms with van der Waals surface area (Å²) in [4.78, 5) is 49.8. The number of hydrogen-bond acceptors (Lipinski definition) is 8. The molecule has 1 aromatic rings. The third-order valence-corrected chi connectivity index (χ3v) is 5.40. The van der Waals surface area contributed by atoms with Crippen LogP contribution >= 0.6 is 0 Å². The molecule has 1 rings (SSSR count). The zero-order valence-corrected chi connectivity index (χ0v) is 21.2. The van der Waals surface area contributed by atoms with Gasteiger partial charge in [-0.25, -0.2) is 0 Å². The van der Waals surface area contributed by atoms with E-state index >= 15 is 0 Å². The van der Waals surface area contributed by atoms with Gasteiger partial charge in [-0.3, -0.25) is 19.2 Å². The molecular formula is C26H38O8. The van der Waals surface area contributed by atoms with Crippen LogP contribution in [0.3, 0.4) is 0 Å². The Morgan fingerprint density at radius 2 is 1.00 bits per heavy atom. The molecule has 0 heterocycles. The molecule has 0 radical (unpaired) electrons. The highest BCUT2D eigenvalue weighted by Crippen LogP contribution is 2.32. The van der Waals surface area contributed by atoms with Crippen LogP contribution in [0.25, 0.3) is 0 Å². The number of ether oxygens (including phenoxy) is 4. The van der Waals surface area contributed by atoms with Gasteiger partial charge in [-0.15, -0.1) is 0 Å². The number of benzene rings is 1. The summed E-state index contributed by atoms with van der Waals surface area (Å²) in [5.74, 6) is -1.91. The number of carbonyl (C=O) groups excluding carboxylic acids is 4. The first-order valence-corrected chi connectivity index (χ1v) is 11.8. The maximum atomic E-state index is 12.7. The fourth-order valence-electron chi connectivity index (χ4n) is 3.84. The Bertz CT molecular complexity index is 784. The average molecular weight is 479 g/mol. The monoisotopic (exact) mass is 478 g/mol. The van der Waals surface area contributed by atoms with Crippen LogP contribution in [0.15, 0.2) is 24.3 Å². The third kappa shape index (κ3) is 8.80. The zero-order valence-electron chi connectivity index (χ0n) is 21.2. The molecule has 0 saturated heterocycles. The minimum absolute atomic E-state index is 0.118. The van der Waals surface area contributed by atoms with Gasteiger partial charge in [0, 0.05) is 0 Å². The molecule has 1 aromatic carbocycles. The summed E-state index contributed by atoms with van der Waals surface area (Å²) in [6.07, 6.45) is 0.250. The second-order valence-corrected chi connectivity index (χ2v) is 8.70. The van der Waals surface area contributed by atoms with Crippen molar-refractivity contribution < 1.29 is 38.1 Å². The highest BCUT2D eigenvalue weighted by Gasteiger charge is 2.40. The Morgan fingerprint density at radius 1 is 0.647 bits per heavy atom. The van der Waals surface area contributed by atoms with Gasteiger partial charge in [-0.2, -0.15) is 0 Å². The lowest BCUT2D eigenvalue weighted by atomic mass is 9.78. The van der Waals surface area contributed by atoms with Gasteiger partial charge < -0.3 is 18.9 Å². The van der Waals surface area contributed by atoms with Crippen LogP contribution in [-0.2, 0) is 51.0 Å². The Balaban J connectivity index is 3.21. The van der Waals surface area contributed by atoms with E-state index in [0.29, 0.717) is 0 Å². The molecule has 190 valence electrons. The van der Waals surface area contributed by atoms with Crippen LogP contribution in [0.1, 0.15) is 65.5 Å². The Hall–Kier alpha value is -2.90. The summed E-state index contributed by atoms with van der Waals surface area (Å²) in [6, 6.07) is 7.38. The van der Waals surface area contributed by atoms with Crippen LogP contribution in [-0.4, -0.2) is 50.3 Å². The molecule has 0 N–H and O–H groups in total. The second kappa shape index (κ2) is 13.7. The molecule has 8 nitrogen and oxygen atoms in total. The SMILES string of the molecule is CCOC(=O)CC(C)(Cc1cccc(CC(C)(CC(=O)OCC)C(=O)OCC)c1)C(=O)OCC. The van der Waals surface area contributed by atoms with E-state index in [9.17, 15) is 19.2 Å². The van der Waals surface area contributed by atoms with Crippen LogP contribution in [0, 0.1) is 10.8 Å². The number of hydrogen-bond donors (Lipinski definition) is 0. The van der Waals surface area contributed by atoms with Crippen molar-refractivity contribution in [3.63, 3.8) is 0 Å². The number of carbonyl (C=O) groups is 4. The van der Waals surface area contributed by atoms with Crippen LogP contribution < -0.4 is 0 Å². The van der Waals surface area contributed by atoms with Crippen molar-refractivity contribution in [3.05, 3.63) is 35.4 Å². The summed E-state index contributed by atoms with van der Waals surface area (Å²) in [7, 11) is 0. The van der Waals surface area contributed by atoms with E-state index in [0.717, 1.165) is 11.1 Å². The van der Waals surface area contributed by atoms with Crippen molar-refractivity contribution in [2.75, 3.05) is 26.4 Å². The summed E-state index contributed by atoms with van der Waals surface area (Å²) in [5.41, 5.74) is -0.647. The van der Waals surface area contributed by atoms with E-state index in [1.54, 1.807) is 41.5 Å². The zero-order chi connectivity index (χ0) is 25.8. The quantitative estimate of drug-likeness (QED) is 0.294. The molecule has 8 heteroatoms. The lowest BCUT2D eigenvalue weighted by Crippen LogP contribution is -2.36. The van der Waals surface area contributed by atoms with Crippen molar-refractivity contribution in [1.29, 1.82) is 0 Å². The van der Waals surface area contributed by atoms with Crippen LogP contribution in [0.4, 0.5) is 0 Å². The number of rotatable bonds is 14. The van der Waals surface area contributed by atoms with Crippen LogP contribution in [0.2, 0.25) is 0 Å². The van der Waals surface area contributed by atoms with Gasteiger partial charge in [-0.05, 0) is 65.5 Å². The Morgan fingerprint density at radius 3 is 1.32 bits per heavy atom. The van der Waals surface area contributed by atoms with Crippen LogP contribution in [0.5, 0.6) is 0 Å². The van der Waals surface area contributed by atoms with E-state index in [4.69, 9.17) is 18.9 Å². The van der Waals surface area contributed by atoms with Gasteiger partial charge in [0.2, 0.25) is 0 Å². The minimum Gasteiger partial charge on any atom is -0.466 e. The maximum Gasteiger partial charge on any atom is 0.312 e. The van der Waals surface area contributed by atoms with E-state index in [1.165, 1.54) is 0 Å². The molecule has 0 aliphatic rings. The summed E-state index contributed by atoms with van der Waals surface area (Å²) < 4.78 is 20.6. The molecule has 0 amide bonds. The van der Waals surface area contributed by atoms with Gasteiger partial charge in [0.15, 0.2) is 0 Å².